The molecule has 0 spiro atoms. The molecule has 132 valence electrons. The molecule has 0 unspecified atom stereocenters. The minimum absolute atomic E-state index is 0.0341. The normalized spacial score (nSPS) is 22.3. The van der Waals surface area contributed by atoms with E-state index in [1.165, 1.54) is 7.11 Å². The number of fused-ring (bicyclic) bond motifs is 3. The van der Waals surface area contributed by atoms with E-state index in [0.29, 0.717) is 41.1 Å². The largest absolute Gasteiger partial charge is 0.494 e. The van der Waals surface area contributed by atoms with Gasteiger partial charge in [-0.25, -0.2) is 4.68 Å². The smallest absolute Gasteiger partial charge is 0.254 e. The zero-order valence-electron chi connectivity index (χ0n) is 13.5. The number of benzene rings is 1. The van der Waals surface area contributed by atoms with Crippen LogP contribution in [0, 0.1) is 0 Å². The molecule has 7 nitrogen and oxygen atoms in total. The van der Waals surface area contributed by atoms with Gasteiger partial charge in [0.1, 0.15) is 0 Å². The van der Waals surface area contributed by atoms with E-state index in [1.54, 1.807) is 23.2 Å². The van der Waals surface area contributed by atoms with Gasteiger partial charge in [0.05, 0.1) is 47.8 Å². The van der Waals surface area contributed by atoms with Gasteiger partial charge in [-0.15, -0.1) is 5.10 Å². The quantitative estimate of drug-likeness (QED) is 0.798. The molecule has 0 bridgehead atoms. The van der Waals surface area contributed by atoms with E-state index in [2.05, 4.69) is 10.3 Å². The van der Waals surface area contributed by atoms with Crippen molar-refractivity contribution in [1.29, 1.82) is 0 Å². The third-order valence-corrected chi connectivity index (χ3v) is 5.23. The van der Waals surface area contributed by atoms with Gasteiger partial charge in [-0.2, -0.15) is 0 Å². The van der Waals surface area contributed by atoms with Crippen LogP contribution in [0.2, 0.25) is 10.0 Å². The van der Waals surface area contributed by atoms with Gasteiger partial charge in [0.15, 0.2) is 5.75 Å². The zero-order valence-corrected chi connectivity index (χ0v) is 15.0. The number of carbonyl (C=O) groups is 1. The molecule has 0 aliphatic carbocycles. The van der Waals surface area contributed by atoms with Crippen LogP contribution in [0.25, 0.3) is 0 Å². The second-order valence-electron chi connectivity index (χ2n) is 6.10. The second kappa shape index (κ2) is 6.48. The van der Waals surface area contributed by atoms with Crippen LogP contribution in [0.1, 0.15) is 28.5 Å². The molecule has 2 aliphatic rings. The highest BCUT2D eigenvalue weighted by Gasteiger charge is 2.38. The van der Waals surface area contributed by atoms with Gasteiger partial charge < -0.3 is 14.4 Å². The van der Waals surface area contributed by atoms with Crippen LogP contribution in [0.5, 0.6) is 5.75 Å². The van der Waals surface area contributed by atoms with Crippen molar-refractivity contribution in [2.75, 3.05) is 20.2 Å². The molecule has 2 aromatic rings. The number of rotatable bonds is 2. The monoisotopic (exact) mass is 382 g/mol. The molecule has 1 aromatic heterocycles. The molecule has 3 heterocycles. The van der Waals surface area contributed by atoms with E-state index in [9.17, 15) is 4.79 Å². The first kappa shape index (κ1) is 16.6. The molecule has 1 saturated heterocycles. The van der Waals surface area contributed by atoms with Crippen molar-refractivity contribution in [2.45, 2.75) is 25.2 Å². The van der Waals surface area contributed by atoms with Crippen molar-refractivity contribution >= 4 is 29.1 Å². The Balaban J connectivity index is 1.58. The average molecular weight is 383 g/mol. The fourth-order valence-corrected chi connectivity index (χ4v) is 4.07. The van der Waals surface area contributed by atoms with Gasteiger partial charge in [0.2, 0.25) is 0 Å². The molecule has 1 fully saturated rings. The van der Waals surface area contributed by atoms with Gasteiger partial charge in [-0.1, -0.05) is 28.4 Å². The van der Waals surface area contributed by atoms with Crippen LogP contribution in [0.15, 0.2) is 18.3 Å². The van der Waals surface area contributed by atoms with Crippen LogP contribution < -0.4 is 4.74 Å². The fourth-order valence-electron chi connectivity index (χ4n) is 3.42. The minimum atomic E-state index is -0.128. The van der Waals surface area contributed by atoms with Crippen LogP contribution in [-0.2, 0) is 11.3 Å². The maximum atomic E-state index is 12.9. The summed E-state index contributed by atoms with van der Waals surface area (Å²) in [5.74, 6) is 0.240. The van der Waals surface area contributed by atoms with Gasteiger partial charge in [0.25, 0.3) is 5.91 Å². The molecule has 0 radical (unpaired) electrons. The first-order valence-electron chi connectivity index (χ1n) is 7.91. The second-order valence-corrected chi connectivity index (χ2v) is 6.91. The fraction of sp³-hybridized carbons (Fsp3) is 0.438. The van der Waals surface area contributed by atoms with E-state index in [4.69, 9.17) is 32.7 Å². The number of piperidine rings is 1. The number of likely N-dealkylation sites (tertiary alicyclic amines) is 1. The Morgan fingerprint density at radius 1 is 1.36 bits per heavy atom. The highest BCUT2D eigenvalue weighted by Crippen LogP contribution is 2.35. The van der Waals surface area contributed by atoms with E-state index in [1.807, 2.05) is 4.68 Å². The number of halogens is 2. The highest BCUT2D eigenvalue weighted by atomic mass is 35.5. The van der Waals surface area contributed by atoms with Gasteiger partial charge in [-0.05, 0) is 18.6 Å². The third-order valence-electron chi connectivity index (χ3n) is 4.67. The van der Waals surface area contributed by atoms with E-state index in [0.717, 1.165) is 12.1 Å². The van der Waals surface area contributed by atoms with E-state index < -0.39 is 0 Å². The molecule has 4 rings (SSSR count). The molecule has 1 aromatic carbocycles. The lowest BCUT2D eigenvalue weighted by Crippen LogP contribution is -2.49. The van der Waals surface area contributed by atoms with Crippen LogP contribution >= 0.6 is 23.2 Å². The number of aromatic nitrogens is 3. The average Bonchev–Trinajstić information content (AvgIpc) is 3.09. The van der Waals surface area contributed by atoms with Gasteiger partial charge in [-0.3, -0.25) is 4.79 Å². The lowest BCUT2D eigenvalue weighted by atomic mass is 9.99. The predicted molar refractivity (Wildman–Crippen MR) is 91.2 cm³/mol. The first-order valence-corrected chi connectivity index (χ1v) is 8.67. The number of hydrogen-bond donors (Lipinski definition) is 0. The molecule has 25 heavy (non-hydrogen) atoms. The Hall–Kier alpha value is -1.83. The maximum absolute atomic E-state index is 12.9. The molecule has 2 aliphatic heterocycles. The van der Waals surface area contributed by atoms with Crippen molar-refractivity contribution in [3.8, 4) is 5.75 Å². The van der Waals surface area contributed by atoms with Crippen LogP contribution in [-0.4, -0.2) is 52.1 Å². The summed E-state index contributed by atoms with van der Waals surface area (Å²) in [6, 6.07) is 3.13. The van der Waals surface area contributed by atoms with Crippen molar-refractivity contribution in [1.82, 2.24) is 19.9 Å². The minimum Gasteiger partial charge on any atom is -0.494 e. The molecule has 0 N–H and O–H groups in total. The summed E-state index contributed by atoms with van der Waals surface area (Å²) >= 11 is 12.3. The summed E-state index contributed by atoms with van der Waals surface area (Å²) in [7, 11) is 1.48. The molecule has 2 atom stereocenters. The lowest BCUT2D eigenvalue weighted by molar-refractivity contribution is -0.0605. The van der Waals surface area contributed by atoms with Crippen LogP contribution in [0.4, 0.5) is 0 Å². The maximum Gasteiger partial charge on any atom is 0.254 e. The molecular weight excluding hydrogens is 367 g/mol. The Labute approximate surface area is 154 Å². The topological polar surface area (TPSA) is 69.5 Å². The summed E-state index contributed by atoms with van der Waals surface area (Å²) in [4.78, 5) is 14.7. The number of amides is 1. The number of ether oxygens (including phenoxy) is 2. The highest BCUT2D eigenvalue weighted by molar-refractivity contribution is 6.37. The summed E-state index contributed by atoms with van der Waals surface area (Å²) in [6.45, 7) is 1.61. The van der Waals surface area contributed by atoms with Gasteiger partial charge in [0, 0.05) is 18.7 Å². The number of hydrogen-bond acceptors (Lipinski definition) is 5. The third kappa shape index (κ3) is 2.86. The summed E-state index contributed by atoms with van der Waals surface area (Å²) in [6.07, 6.45) is 2.48. The summed E-state index contributed by atoms with van der Waals surface area (Å²) in [5, 5.41) is 8.72. The molecular formula is C16H16Cl2N4O3. The Morgan fingerprint density at radius 3 is 2.84 bits per heavy atom. The predicted octanol–water partition coefficient (Wildman–Crippen LogP) is 2.58. The number of nitrogens with zero attached hydrogens (tertiary/aromatic N) is 4. The number of carbonyl (C=O) groups excluding carboxylic acids is 1. The van der Waals surface area contributed by atoms with Crippen molar-refractivity contribution in [3.63, 3.8) is 0 Å². The molecule has 9 heteroatoms. The van der Waals surface area contributed by atoms with Crippen molar-refractivity contribution in [3.05, 3.63) is 39.6 Å². The van der Waals surface area contributed by atoms with Crippen molar-refractivity contribution in [2.24, 2.45) is 0 Å². The number of methoxy groups -OCH3 is 1. The lowest BCUT2D eigenvalue weighted by Gasteiger charge is -2.41. The Kier molecular flexibility index (Phi) is 4.31. The standard InChI is InChI=1S/C16H16Cl2N4O3/c1-24-15-11(17)4-9(5-12(15)18)16(23)21-3-2-14-13(7-21)22-10(8-25-14)6-19-20-22/h4-6,13-14H,2-3,7-8H2,1H3/t13-,14+/m1/s1. The van der Waals surface area contributed by atoms with E-state index >= 15 is 0 Å². The summed E-state index contributed by atoms with van der Waals surface area (Å²) in [5.41, 5.74) is 1.36. The first-order chi connectivity index (χ1) is 12.1. The zero-order chi connectivity index (χ0) is 17.6. The Morgan fingerprint density at radius 2 is 2.12 bits per heavy atom. The molecule has 0 saturated carbocycles. The summed E-state index contributed by atoms with van der Waals surface area (Å²) < 4.78 is 12.9. The van der Waals surface area contributed by atoms with E-state index in [-0.39, 0.29) is 18.1 Å². The van der Waals surface area contributed by atoms with Crippen molar-refractivity contribution < 1.29 is 14.3 Å². The van der Waals surface area contributed by atoms with Crippen LogP contribution in [0.3, 0.4) is 0 Å². The SMILES string of the molecule is COc1c(Cl)cc(C(=O)N2CC[C@@H]3OCc4cnnn4[C@@H]3C2)cc1Cl. The Bertz CT molecular complexity index is 802. The van der Waals surface area contributed by atoms with Gasteiger partial charge >= 0.3 is 0 Å². The molecule has 1 amide bonds.